The Morgan fingerprint density at radius 3 is 0.939 bits per heavy atom. The maximum Gasteiger partial charge on any atom is 0.305 e. The molecule has 0 radical (unpaired) electrons. The zero-order chi connectivity index (χ0) is 59.2. The second-order valence-electron chi connectivity index (χ2n) is 26.0. The number of amides is 1. The van der Waals surface area contributed by atoms with Crippen molar-refractivity contribution in [2.24, 2.45) is 0 Å². The van der Waals surface area contributed by atoms with Crippen molar-refractivity contribution in [3.8, 4) is 0 Å². The fraction of sp³-hybridized carbons (Fsp3) is 0.921. The molecule has 82 heavy (non-hydrogen) atoms. The van der Waals surface area contributed by atoms with E-state index >= 15 is 0 Å². The van der Waals surface area contributed by atoms with Crippen molar-refractivity contribution in [2.45, 2.75) is 437 Å². The molecule has 0 aromatic rings. The van der Waals surface area contributed by atoms with Gasteiger partial charge in [0.2, 0.25) is 5.91 Å². The largest absolute Gasteiger partial charge is 0.466 e. The highest BCUT2D eigenvalue weighted by atomic mass is 16.5. The van der Waals surface area contributed by atoms with Gasteiger partial charge in [-0.05, 0) is 57.8 Å². The molecule has 0 saturated heterocycles. The lowest BCUT2D eigenvalue weighted by atomic mass is 10.0. The SMILES string of the molecule is CCCCCC/C=C\C/C=C\CCCCCCCC(=O)OCCCCCCCCCCCCCCCCCCCCCCCCCCCC(=O)NC(CO)C(O)CCCCCCCCCCCCCCCCCCCCCCCCCC. The van der Waals surface area contributed by atoms with Crippen LogP contribution in [0, 0.1) is 0 Å². The van der Waals surface area contributed by atoms with Crippen molar-refractivity contribution in [3.05, 3.63) is 24.3 Å². The fourth-order valence-electron chi connectivity index (χ4n) is 12.0. The van der Waals surface area contributed by atoms with Crippen LogP contribution in [0.1, 0.15) is 425 Å². The van der Waals surface area contributed by atoms with Crippen LogP contribution in [0.15, 0.2) is 24.3 Å². The van der Waals surface area contributed by atoms with E-state index in [1.54, 1.807) is 0 Å². The average molecular weight is 1160 g/mol. The predicted octanol–water partition coefficient (Wildman–Crippen LogP) is 24.5. The number of hydrogen-bond acceptors (Lipinski definition) is 5. The van der Waals surface area contributed by atoms with E-state index in [-0.39, 0.29) is 18.5 Å². The van der Waals surface area contributed by atoms with Crippen LogP contribution in [0.25, 0.3) is 0 Å². The topological polar surface area (TPSA) is 95.9 Å². The van der Waals surface area contributed by atoms with Crippen molar-refractivity contribution >= 4 is 11.9 Å². The number of allylic oxidation sites excluding steroid dienone is 4. The van der Waals surface area contributed by atoms with Crippen molar-refractivity contribution in [3.63, 3.8) is 0 Å². The third-order valence-corrected chi connectivity index (χ3v) is 17.8. The molecule has 0 aliphatic carbocycles. The lowest BCUT2D eigenvalue weighted by Gasteiger charge is -2.22. The Hall–Kier alpha value is -1.66. The molecule has 2 atom stereocenters. The number of ether oxygens (including phenoxy) is 1. The van der Waals surface area contributed by atoms with Crippen LogP contribution in [0.3, 0.4) is 0 Å². The smallest absolute Gasteiger partial charge is 0.305 e. The molecule has 0 aliphatic heterocycles. The molecule has 486 valence electrons. The molecule has 2 unspecified atom stereocenters. The van der Waals surface area contributed by atoms with E-state index in [1.807, 2.05) is 0 Å². The Kier molecular flexibility index (Phi) is 70.4. The summed E-state index contributed by atoms with van der Waals surface area (Å²) in [6, 6.07) is -0.542. The molecule has 0 rings (SSSR count). The molecular formula is C76H147NO5. The maximum absolute atomic E-state index is 12.6. The van der Waals surface area contributed by atoms with Crippen LogP contribution in [0.2, 0.25) is 0 Å². The maximum atomic E-state index is 12.6. The summed E-state index contributed by atoms with van der Waals surface area (Å²) in [5.74, 6) is -0.0240. The summed E-state index contributed by atoms with van der Waals surface area (Å²) in [5.41, 5.74) is 0. The quantitative estimate of drug-likeness (QED) is 0.0320. The molecule has 0 heterocycles. The van der Waals surface area contributed by atoms with Gasteiger partial charge in [0.05, 0.1) is 25.4 Å². The van der Waals surface area contributed by atoms with E-state index in [9.17, 15) is 19.8 Å². The summed E-state index contributed by atoms with van der Waals surface area (Å²) >= 11 is 0. The van der Waals surface area contributed by atoms with Crippen molar-refractivity contribution in [1.82, 2.24) is 5.32 Å². The number of nitrogens with one attached hydrogen (secondary N) is 1. The highest BCUT2D eigenvalue weighted by Gasteiger charge is 2.20. The Labute approximate surface area is 513 Å². The first kappa shape index (κ1) is 80.3. The molecule has 0 spiro atoms. The van der Waals surface area contributed by atoms with Gasteiger partial charge in [-0.1, -0.05) is 378 Å². The highest BCUT2D eigenvalue weighted by molar-refractivity contribution is 5.76. The molecular weight excluding hydrogens is 1010 g/mol. The van der Waals surface area contributed by atoms with Crippen LogP contribution in [-0.4, -0.2) is 47.4 Å². The minimum absolute atomic E-state index is 0.00403. The second kappa shape index (κ2) is 71.8. The van der Waals surface area contributed by atoms with Gasteiger partial charge in [-0.25, -0.2) is 0 Å². The summed E-state index contributed by atoms with van der Waals surface area (Å²) in [7, 11) is 0. The molecule has 3 N–H and O–H groups in total. The van der Waals surface area contributed by atoms with Crippen molar-refractivity contribution < 1.29 is 24.5 Å². The Morgan fingerprint density at radius 2 is 0.610 bits per heavy atom. The predicted molar refractivity (Wildman–Crippen MR) is 361 cm³/mol. The molecule has 1 amide bonds. The average Bonchev–Trinajstić information content (AvgIpc) is 3.48. The van der Waals surface area contributed by atoms with E-state index in [0.29, 0.717) is 25.9 Å². The zero-order valence-electron chi connectivity index (χ0n) is 55.8. The second-order valence-corrected chi connectivity index (χ2v) is 26.0. The molecule has 0 aromatic carbocycles. The standard InChI is InChI=1S/C76H147NO5/c1-3-5-7-9-11-13-15-17-19-21-22-23-24-28-31-34-37-40-44-48-52-56-60-64-68-74(79)73(72-78)77-75(80)69-65-61-57-53-49-45-41-38-35-32-29-26-25-27-30-33-36-39-43-47-51-55-59-63-67-71-82-76(81)70-66-62-58-54-50-46-42-20-18-16-14-12-10-8-6-4-2/h14,16,20,42,73-74,78-79H,3-13,15,17-19,21-41,43-72H2,1-2H3,(H,77,80)/b16-14-,42-20-. The van der Waals surface area contributed by atoms with E-state index in [4.69, 9.17) is 4.74 Å². The van der Waals surface area contributed by atoms with Crippen LogP contribution < -0.4 is 5.32 Å². The van der Waals surface area contributed by atoms with Gasteiger partial charge < -0.3 is 20.3 Å². The van der Waals surface area contributed by atoms with Gasteiger partial charge in [0.1, 0.15) is 0 Å². The summed E-state index contributed by atoms with van der Waals surface area (Å²) in [5, 5.41) is 23.5. The fourth-order valence-corrected chi connectivity index (χ4v) is 12.0. The number of carbonyl (C=O) groups is 2. The van der Waals surface area contributed by atoms with Gasteiger partial charge in [-0.2, -0.15) is 0 Å². The number of hydrogen-bond donors (Lipinski definition) is 3. The monoisotopic (exact) mass is 1150 g/mol. The molecule has 0 aromatic heterocycles. The van der Waals surface area contributed by atoms with Crippen molar-refractivity contribution in [2.75, 3.05) is 13.2 Å². The third-order valence-electron chi connectivity index (χ3n) is 17.8. The van der Waals surface area contributed by atoms with Gasteiger partial charge in [0, 0.05) is 12.8 Å². The van der Waals surface area contributed by atoms with Gasteiger partial charge in [0.15, 0.2) is 0 Å². The van der Waals surface area contributed by atoms with Gasteiger partial charge in [-0.15, -0.1) is 0 Å². The minimum Gasteiger partial charge on any atom is -0.466 e. The van der Waals surface area contributed by atoms with E-state index in [1.165, 1.54) is 340 Å². The molecule has 0 aliphatic rings. The molecule has 6 heteroatoms. The Bertz CT molecular complexity index is 1280. The lowest BCUT2D eigenvalue weighted by Crippen LogP contribution is -2.45. The summed E-state index contributed by atoms with van der Waals surface area (Å²) in [6.45, 7) is 4.98. The number of aliphatic hydroxyl groups is 2. The summed E-state index contributed by atoms with van der Waals surface area (Å²) in [4.78, 5) is 24.7. The molecule has 0 bridgehead atoms. The first-order chi connectivity index (χ1) is 40.5. The lowest BCUT2D eigenvalue weighted by molar-refractivity contribution is -0.143. The van der Waals surface area contributed by atoms with Crippen LogP contribution in [-0.2, 0) is 14.3 Å². The molecule has 6 nitrogen and oxygen atoms in total. The molecule has 0 saturated carbocycles. The number of esters is 1. The van der Waals surface area contributed by atoms with Gasteiger partial charge in [0.25, 0.3) is 0 Å². The Balaban J connectivity index is 3.36. The van der Waals surface area contributed by atoms with Crippen LogP contribution in [0.4, 0.5) is 0 Å². The first-order valence-electron chi connectivity index (χ1n) is 37.6. The summed E-state index contributed by atoms with van der Waals surface area (Å²) < 4.78 is 5.49. The summed E-state index contributed by atoms with van der Waals surface area (Å²) in [6.07, 6.45) is 91.0. The number of unbranched alkanes of at least 4 members (excludes halogenated alkanes) is 56. The van der Waals surface area contributed by atoms with E-state index < -0.39 is 12.1 Å². The highest BCUT2D eigenvalue weighted by Crippen LogP contribution is 2.20. The third kappa shape index (κ3) is 67.5. The van der Waals surface area contributed by atoms with Crippen LogP contribution >= 0.6 is 0 Å². The van der Waals surface area contributed by atoms with Gasteiger partial charge >= 0.3 is 5.97 Å². The van der Waals surface area contributed by atoms with E-state index in [2.05, 4.69) is 43.5 Å². The normalized spacial score (nSPS) is 12.6. The van der Waals surface area contributed by atoms with Crippen molar-refractivity contribution in [1.29, 1.82) is 0 Å². The van der Waals surface area contributed by atoms with Gasteiger partial charge in [-0.3, -0.25) is 9.59 Å². The first-order valence-corrected chi connectivity index (χ1v) is 37.6. The van der Waals surface area contributed by atoms with Crippen LogP contribution in [0.5, 0.6) is 0 Å². The van der Waals surface area contributed by atoms with E-state index in [0.717, 1.165) is 51.4 Å². The number of aliphatic hydroxyl groups excluding tert-OH is 2. The Morgan fingerprint density at radius 1 is 0.341 bits per heavy atom. The zero-order valence-corrected chi connectivity index (χ0v) is 55.8. The molecule has 0 fully saturated rings. The minimum atomic E-state index is -0.665. The number of rotatable bonds is 71. The number of carbonyl (C=O) groups excluding carboxylic acids is 2.